The Morgan fingerprint density at radius 2 is 1.08 bits per heavy atom. The van der Waals surface area contributed by atoms with Gasteiger partial charge >= 0.3 is 0 Å². The molecule has 4 N–H and O–H groups in total. The molecule has 0 aliphatic carbocycles. The number of carbonyl (C=O) groups excluding carboxylic acids is 6. The highest BCUT2D eigenvalue weighted by Crippen LogP contribution is 2.47. The van der Waals surface area contributed by atoms with E-state index in [9.17, 15) is 28.8 Å². The first-order valence-corrected chi connectivity index (χ1v) is 30.1. The molecule has 4 aliphatic rings. The van der Waals surface area contributed by atoms with E-state index in [0.29, 0.717) is 52.1 Å². The fraction of sp³-hybridized carbons (Fsp3) is 0.705. The Balaban J connectivity index is -0.00000219. The van der Waals surface area contributed by atoms with Gasteiger partial charge in [0.2, 0.25) is 29.5 Å². The topological polar surface area (TPSA) is 175 Å². The zero-order chi connectivity index (χ0) is 54.8. The summed E-state index contributed by atoms with van der Waals surface area (Å²) in [5.74, 6) is -0.318. The summed E-state index contributed by atoms with van der Waals surface area (Å²) in [4.78, 5) is 86.4. The molecule has 4 aliphatic heterocycles. The number of hydrogen-bond donors (Lipinski definition) is 4. The summed E-state index contributed by atoms with van der Waals surface area (Å²) < 4.78 is 12.5. The molecule has 0 saturated carbocycles. The summed E-state index contributed by atoms with van der Waals surface area (Å²) in [5.41, 5.74) is 1.19. The van der Waals surface area contributed by atoms with Crippen molar-refractivity contribution in [3.63, 3.8) is 0 Å². The third-order valence-electron chi connectivity index (χ3n) is 16.8. The normalized spacial score (nSPS) is 21.7. The molecule has 4 saturated heterocycles. The van der Waals surface area contributed by atoms with Gasteiger partial charge in [-0.05, 0) is 99.5 Å². The molecule has 0 aromatic heterocycles. The summed E-state index contributed by atoms with van der Waals surface area (Å²) in [6, 6.07) is 16.7. The molecule has 5 amide bonds. The van der Waals surface area contributed by atoms with Crippen LogP contribution in [0.4, 0.5) is 0 Å². The Hall–Kier alpha value is -0.810. The zero-order valence-electron chi connectivity index (χ0n) is 52.4. The number of rotatable bonds is 30. The van der Waals surface area contributed by atoms with Crippen molar-refractivity contribution in [3.05, 3.63) is 71.8 Å². The minimum atomic E-state index is -0.668. The van der Waals surface area contributed by atoms with Crippen LogP contribution in [0.15, 0.2) is 60.7 Å². The van der Waals surface area contributed by atoms with Crippen molar-refractivity contribution < 1.29 is 38.2 Å². The van der Waals surface area contributed by atoms with Crippen LogP contribution in [0, 0.1) is 16.7 Å². The molecule has 2 aromatic rings. The SMILES string of the molecule is CC[C@@H](C)C(=O)N[C@H]1CCS[C@H]2CC(C)(C)[C@@H](C(=O)N[C@H](COCCCCCCCCCCCCOC[C@@H](CC(=O)[C@H]3N4C(=O)[C@@H](NC(=O)[C@H](C)NC)CCC[C@H]4CC3(C)C)c3ccccc3)c3ccccc3)N2C1=O.S.S.S.S.S.S.S.S.S.S. The van der Waals surface area contributed by atoms with E-state index in [4.69, 9.17) is 9.47 Å². The van der Waals surface area contributed by atoms with Gasteiger partial charge in [0.15, 0.2) is 5.78 Å². The lowest BCUT2D eigenvalue weighted by Crippen LogP contribution is -2.57. The molecular formula is C61H114N6O8S11. The van der Waals surface area contributed by atoms with Crippen LogP contribution in [0.1, 0.15) is 187 Å². The van der Waals surface area contributed by atoms with Crippen LogP contribution in [-0.4, -0.2) is 126 Å². The first-order chi connectivity index (χ1) is 36.5. The molecule has 0 unspecified atom stereocenters. The van der Waals surface area contributed by atoms with Gasteiger partial charge in [0.05, 0.1) is 36.7 Å². The van der Waals surface area contributed by atoms with Crippen LogP contribution in [0.5, 0.6) is 0 Å². The number of nitrogens with one attached hydrogen (secondary N) is 4. The number of ether oxygens (including phenoxy) is 2. The van der Waals surface area contributed by atoms with Crippen LogP contribution in [0.3, 0.4) is 0 Å². The molecule has 0 radical (unpaired) electrons. The van der Waals surface area contributed by atoms with Gasteiger partial charge in [-0.15, -0.1) is 11.8 Å². The number of benzene rings is 2. The smallest absolute Gasteiger partial charge is 0.246 e. The average Bonchev–Trinajstić information content (AvgIpc) is 3.97. The minimum Gasteiger partial charge on any atom is -0.381 e. The number of nitrogens with zero attached hydrogens (tertiary/aromatic N) is 2. The monoisotopic (exact) mass is 1410 g/mol. The molecule has 25 heteroatoms. The van der Waals surface area contributed by atoms with Gasteiger partial charge in [-0.1, -0.05) is 154 Å². The van der Waals surface area contributed by atoms with Gasteiger partial charge in [-0.25, -0.2) is 0 Å². The number of likely N-dealkylation sites (N-methyl/N-ethyl adjacent to an activating group) is 1. The highest BCUT2D eigenvalue weighted by Gasteiger charge is 2.56. The largest absolute Gasteiger partial charge is 0.381 e. The van der Waals surface area contributed by atoms with E-state index >= 15 is 0 Å². The van der Waals surface area contributed by atoms with Gasteiger partial charge in [0, 0.05) is 37.5 Å². The maximum absolute atomic E-state index is 14.5. The van der Waals surface area contributed by atoms with Crippen LogP contribution in [0.2, 0.25) is 0 Å². The van der Waals surface area contributed by atoms with Crippen molar-refractivity contribution in [2.75, 3.05) is 39.2 Å². The Morgan fingerprint density at radius 3 is 1.62 bits per heavy atom. The Labute approximate surface area is 591 Å². The lowest BCUT2D eigenvalue weighted by molar-refractivity contribution is -0.144. The van der Waals surface area contributed by atoms with E-state index in [0.717, 1.165) is 74.7 Å². The predicted octanol–water partition coefficient (Wildman–Crippen LogP) is 10.5. The summed E-state index contributed by atoms with van der Waals surface area (Å²) in [7, 11) is 1.73. The van der Waals surface area contributed by atoms with Gasteiger partial charge < -0.3 is 40.5 Å². The molecule has 0 spiro atoms. The second-order valence-corrected chi connectivity index (χ2v) is 25.0. The number of fused-ring (bicyclic) bond motifs is 2. The van der Waals surface area contributed by atoms with E-state index in [1.54, 1.807) is 30.6 Å². The van der Waals surface area contributed by atoms with Crippen molar-refractivity contribution in [1.82, 2.24) is 31.1 Å². The van der Waals surface area contributed by atoms with E-state index in [2.05, 4.69) is 61.1 Å². The minimum absolute atomic E-state index is 0. The molecule has 6 rings (SSSR count). The lowest BCUT2D eigenvalue weighted by Gasteiger charge is -2.35. The highest BCUT2D eigenvalue weighted by atomic mass is 32.2. The molecule has 4 heterocycles. The van der Waals surface area contributed by atoms with Gasteiger partial charge in [-0.2, -0.15) is 135 Å². The zero-order valence-corrected chi connectivity index (χ0v) is 63.2. The third kappa shape index (κ3) is 27.0. The Bertz CT molecular complexity index is 2070. The van der Waals surface area contributed by atoms with Crippen LogP contribution in [0.25, 0.3) is 0 Å². The van der Waals surface area contributed by atoms with E-state index in [-0.39, 0.29) is 211 Å². The van der Waals surface area contributed by atoms with Crippen molar-refractivity contribution >= 4 is 182 Å². The fourth-order valence-corrected chi connectivity index (χ4v) is 13.7. The average molecular weight is 1410 g/mol. The van der Waals surface area contributed by atoms with E-state index in [1.807, 2.05) is 67.3 Å². The second kappa shape index (κ2) is 47.1. The maximum atomic E-state index is 14.5. The summed E-state index contributed by atoms with van der Waals surface area (Å²) >= 11 is 1.71. The van der Waals surface area contributed by atoms with Crippen molar-refractivity contribution in [3.8, 4) is 0 Å². The molecule has 502 valence electrons. The number of amides is 5. The summed E-state index contributed by atoms with van der Waals surface area (Å²) in [5, 5.41) is 12.1. The van der Waals surface area contributed by atoms with Gasteiger partial charge in [0.25, 0.3) is 0 Å². The Morgan fingerprint density at radius 1 is 0.605 bits per heavy atom. The number of Topliss-reactive ketones (excluding diaryl/α,β-unsaturated/α-hetero) is 1. The number of thioether (sulfide) groups is 1. The summed E-state index contributed by atoms with van der Waals surface area (Å²) in [6.45, 7) is 16.0. The number of ketones is 1. The number of hydrogen-bond acceptors (Lipinski definition) is 10. The second-order valence-electron chi connectivity index (χ2n) is 23.8. The fourth-order valence-electron chi connectivity index (χ4n) is 12.1. The van der Waals surface area contributed by atoms with Crippen LogP contribution in [-0.2, 0) is 38.2 Å². The third-order valence-corrected chi connectivity index (χ3v) is 18.0. The summed E-state index contributed by atoms with van der Waals surface area (Å²) in [6.07, 6.45) is 16.5. The van der Waals surface area contributed by atoms with E-state index in [1.165, 1.54) is 25.7 Å². The van der Waals surface area contributed by atoms with Crippen molar-refractivity contribution in [2.24, 2.45) is 16.7 Å². The molecule has 86 heavy (non-hydrogen) atoms. The first-order valence-electron chi connectivity index (χ1n) is 29.1. The Kier molecular flexibility index (Phi) is 51.5. The lowest BCUT2D eigenvalue weighted by atomic mass is 9.78. The molecule has 2 aromatic carbocycles. The van der Waals surface area contributed by atoms with Crippen molar-refractivity contribution in [1.29, 1.82) is 0 Å². The van der Waals surface area contributed by atoms with Gasteiger partial charge in [0.1, 0.15) is 18.1 Å². The quantitative estimate of drug-likeness (QED) is 0.0551. The molecule has 0 bridgehead atoms. The van der Waals surface area contributed by atoms with Crippen LogP contribution >= 0.6 is 147 Å². The first kappa shape index (κ1) is 93.9. The van der Waals surface area contributed by atoms with Crippen LogP contribution < -0.4 is 21.3 Å². The molecule has 10 atom stereocenters. The van der Waals surface area contributed by atoms with E-state index < -0.39 is 35.6 Å². The highest BCUT2D eigenvalue weighted by molar-refractivity contribution is 7.99. The predicted molar refractivity (Wildman–Crippen MR) is 406 cm³/mol. The van der Waals surface area contributed by atoms with Crippen molar-refractivity contribution in [2.45, 2.75) is 218 Å². The molecule has 14 nitrogen and oxygen atoms in total. The standard InChI is InChI=1S/C61H94N6O8S.10H2S/c1-9-42(2)55(69)63-49-33-36-76-52-39-61(6,7)54(67(52)59(49)73)57(71)65-50(45-29-22-19-23-30-45)41-75-35-25-17-15-13-11-10-12-14-16-24-34-74-40-46(44-27-20-18-21-28-44)37-51(68)53-60(4,5)38-47-31-26-32-48(58(72)66(47)53)64-56(70)43(3)62-8;;;;;;;;;;/h18-23,27-30,42-43,46-50,52-54,62H,9-17,24-26,31-41H2,1-8H3,(H,63,69)(H,64,70)(H,65,71);10*1H2/t42-,43+,46-,47+,48+,49+,50-,52+,53-,54-;;;;;;;;;;/m1........../s1. The number of carbonyl (C=O) groups is 6. The number of unbranched alkanes of at least 4 members (excludes halogenated alkanes) is 9. The maximum Gasteiger partial charge on any atom is 0.246 e. The molecule has 4 fully saturated rings. The van der Waals surface area contributed by atoms with Gasteiger partial charge in [-0.3, -0.25) is 28.8 Å². The molecular weight excluding hydrogens is 1300 g/mol.